The van der Waals surface area contributed by atoms with Crippen LogP contribution in [0.5, 0.6) is 5.75 Å². The lowest BCUT2D eigenvalue weighted by molar-refractivity contribution is -0.117. The van der Waals surface area contributed by atoms with E-state index in [0.29, 0.717) is 11.2 Å². The third-order valence-electron chi connectivity index (χ3n) is 2.13. The van der Waals surface area contributed by atoms with E-state index in [9.17, 15) is 9.41 Å². The van der Waals surface area contributed by atoms with Crippen molar-refractivity contribution in [2.45, 2.75) is 0 Å². The van der Waals surface area contributed by atoms with Gasteiger partial charge in [0.15, 0.2) is 5.75 Å². The number of hydrogen-bond donors (Lipinski definition) is 1. The summed E-state index contributed by atoms with van der Waals surface area (Å²) in [5.74, 6) is -0.0395. The first kappa shape index (κ1) is 11.6. The summed E-state index contributed by atoms with van der Waals surface area (Å²) < 4.78 is 12.6. The number of benzene rings is 2. The molecule has 0 spiro atoms. The average molecular weight is 232 g/mol. The minimum absolute atomic E-state index is 0.321. The number of rotatable bonds is 4. The van der Waals surface area contributed by atoms with E-state index < -0.39 is 7.12 Å². The van der Waals surface area contributed by atoms with Crippen molar-refractivity contribution in [1.29, 1.82) is 0 Å². The van der Waals surface area contributed by atoms with Crippen LogP contribution >= 0.6 is 0 Å². The highest BCUT2D eigenvalue weighted by molar-refractivity contribution is 6.59. The van der Waals surface area contributed by atoms with Gasteiger partial charge in [-0.05, 0) is 29.7 Å². The highest BCUT2D eigenvalue weighted by Crippen LogP contribution is 2.11. The Morgan fingerprint density at radius 2 is 1.59 bits per heavy atom. The molecule has 2 aromatic carbocycles. The highest BCUT2D eigenvalue weighted by atomic mass is 19.1. The maximum atomic E-state index is 12.6. The zero-order valence-corrected chi connectivity index (χ0v) is 8.92. The molecule has 0 atom stereocenters. The smallest absolute Gasteiger partial charge is 0.421 e. The maximum Gasteiger partial charge on any atom is 0.538 e. The van der Waals surface area contributed by atoms with Crippen molar-refractivity contribution in [3.05, 3.63) is 60.4 Å². The van der Waals surface area contributed by atoms with E-state index in [-0.39, 0.29) is 5.82 Å². The molecular formula is C12H10BFO3. The standard InChI is InChI=1S/C12H10BFO3/c14-11-6-8-12(9-7-11)16-17-13(15)10-4-2-1-3-5-10/h1-9,15H. The van der Waals surface area contributed by atoms with Crippen LogP contribution in [0.2, 0.25) is 0 Å². The van der Waals surface area contributed by atoms with Crippen molar-refractivity contribution >= 4 is 12.6 Å². The Bertz CT molecular complexity index is 461. The van der Waals surface area contributed by atoms with Crippen LogP contribution < -0.4 is 10.4 Å². The summed E-state index contributed by atoms with van der Waals surface area (Å²) in [5.41, 5.74) is 0.578. The lowest BCUT2D eigenvalue weighted by Gasteiger charge is -2.07. The lowest BCUT2D eigenvalue weighted by Crippen LogP contribution is -2.34. The van der Waals surface area contributed by atoms with Crippen LogP contribution in [0.1, 0.15) is 0 Å². The van der Waals surface area contributed by atoms with Gasteiger partial charge in [0.05, 0.1) is 0 Å². The Kier molecular flexibility index (Phi) is 3.75. The molecule has 0 aliphatic carbocycles. The second-order valence-electron chi connectivity index (χ2n) is 3.40. The molecule has 0 aromatic heterocycles. The molecule has 2 rings (SSSR count). The van der Waals surface area contributed by atoms with Crippen molar-refractivity contribution in [3.63, 3.8) is 0 Å². The predicted octanol–water partition coefficient (Wildman–Crippen LogP) is 1.52. The quantitative estimate of drug-likeness (QED) is 0.493. The maximum absolute atomic E-state index is 12.6. The second-order valence-corrected chi connectivity index (χ2v) is 3.40. The summed E-state index contributed by atoms with van der Waals surface area (Å²) in [4.78, 5) is 9.65. The molecule has 0 fully saturated rings. The number of halogens is 1. The Balaban J connectivity index is 1.92. The van der Waals surface area contributed by atoms with Crippen LogP contribution in [-0.4, -0.2) is 12.1 Å². The second kappa shape index (κ2) is 5.47. The van der Waals surface area contributed by atoms with E-state index in [4.69, 9.17) is 9.69 Å². The molecule has 5 heteroatoms. The molecule has 0 aliphatic rings. The first-order chi connectivity index (χ1) is 8.25. The summed E-state index contributed by atoms with van der Waals surface area (Å²) in [5, 5.41) is 9.62. The summed E-state index contributed by atoms with van der Waals surface area (Å²) in [6.07, 6.45) is 0. The van der Waals surface area contributed by atoms with Gasteiger partial charge in [-0.2, -0.15) is 0 Å². The van der Waals surface area contributed by atoms with Gasteiger partial charge in [0, 0.05) is 0 Å². The van der Waals surface area contributed by atoms with E-state index in [1.54, 1.807) is 24.3 Å². The van der Waals surface area contributed by atoms with Crippen molar-refractivity contribution in [2.75, 3.05) is 0 Å². The predicted molar refractivity (Wildman–Crippen MR) is 62.2 cm³/mol. The minimum Gasteiger partial charge on any atom is -0.421 e. The van der Waals surface area contributed by atoms with Gasteiger partial charge in [0.25, 0.3) is 0 Å². The SMILES string of the molecule is OB(OOc1ccc(F)cc1)c1ccccc1. The van der Waals surface area contributed by atoms with E-state index in [2.05, 4.69) is 0 Å². The Morgan fingerprint density at radius 1 is 0.941 bits per heavy atom. The zero-order valence-electron chi connectivity index (χ0n) is 8.92. The highest BCUT2D eigenvalue weighted by Gasteiger charge is 2.18. The third kappa shape index (κ3) is 3.30. The lowest BCUT2D eigenvalue weighted by atomic mass is 9.80. The van der Waals surface area contributed by atoms with Crippen molar-refractivity contribution < 1.29 is 19.1 Å². The van der Waals surface area contributed by atoms with E-state index in [1.165, 1.54) is 24.3 Å². The third-order valence-corrected chi connectivity index (χ3v) is 2.13. The van der Waals surface area contributed by atoms with Gasteiger partial charge in [-0.15, -0.1) is 0 Å². The largest absolute Gasteiger partial charge is 0.538 e. The minimum atomic E-state index is -1.18. The van der Waals surface area contributed by atoms with E-state index in [1.807, 2.05) is 6.07 Å². The monoisotopic (exact) mass is 232 g/mol. The normalized spacial score (nSPS) is 10.0. The molecule has 0 heterocycles. The molecule has 0 bridgehead atoms. The first-order valence-electron chi connectivity index (χ1n) is 5.07. The summed E-state index contributed by atoms with van der Waals surface area (Å²) in [6, 6.07) is 14.1. The van der Waals surface area contributed by atoms with Crippen LogP contribution in [0.4, 0.5) is 4.39 Å². The van der Waals surface area contributed by atoms with Gasteiger partial charge in [-0.1, -0.05) is 30.3 Å². The van der Waals surface area contributed by atoms with E-state index >= 15 is 0 Å². The van der Waals surface area contributed by atoms with Gasteiger partial charge in [0.1, 0.15) is 5.82 Å². The molecule has 0 unspecified atom stereocenters. The fraction of sp³-hybridized carbons (Fsp3) is 0. The van der Waals surface area contributed by atoms with Crippen molar-refractivity contribution in [1.82, 2.24) is 0 Å². The van der Waals surface area contributed by atoms with Gasteiger partial charge in [-0.25, -0.2) is 9.20 Å². The fourth-order valence-electron chi connectivity index (χ4n) is 1.26. The Morgan fingerprint density at radius 3 is 2.24 bits per heavy atom. The fourth-order valence-corrected chi connectivity index (χ4v) is 1.26. The average Bonchev–Trinajstić information content (AvgIpc) is 2.39. The van der Waals surface area contributed by atoms with Gasteiger partial charge < -0.3 is 9.91 Å². The van der Waals surface area contributed by atoms with Crippen LogP contribution in [-0.2, 0) is 4.81 Å². The van der Waals surface area contributed by atoms with E-state index in [0.717, 1.165) is 0 Å². The zero-order chi connectivity index (χ0) is 12.1. The Labute approximate surface area is 98.5 Å². The molecule has 0 radical (unpaired) electrons. The molecule has 17 heavy (non-hydrogen) atoms. The summed E-state index contributed by atoms with van der Waals surface area (Å²) in [7, 11) is -1.18. The topological polar surface area (TPSA) is 38.7 Å². The van der Waals surface area contributed by atoms with Gasteiger partial charge >= 0.3 is 7.12 Å². The van der Waals surface area contributed by atoms with Crippen molar-refractivity contribution in [3.8, 4) is 5.75 Å². The van der Waals surface area contributed by atoms with Crippen LogP contribution in [0.3, 0.4) is 0 Å². The molecule has 0 saturated heterocycles. The molecule has 2 aromatic rings. The first-order valence-corrected chi connectivity index (χ1v) is 5.07. The van der Waals surface area contributed by atoms with Crippen LogP contribution in [0.25, 0.3) is 0 Å². The summed E-state index contributed by atoms with van der Waals surface area (Å²) >= 11 is 0. The van der Waals surface area contributed by atoms with Gasteiger partial charge in [0.2, 0.25) is 0 Å². The number of hydrogen-bond acceptors (Lipinski definition) is 3. The molecule has 0 amide bonds. The van der Waals surface area contributed by atoms with Crippen LogP contribution in [0.15, 0.2) is 54.6 Å². The Hall–Kier alpha value is -1.85. The summed E-state index contributed by atoms with van der Waals surface area (Å²) in [6.45, 7) is 0. The van der Waals surface area contributed by atoms with Crippen molar-refractivity contribution in [2.24, 2.45) is 0 Å². The molecular weight excluding hydrogens is 222 g/mol. The van der Waals surface area contributed by atoms with Gasteiger partial charge in [-0.3, -0.25) is 0 Å². The molecule has 3 nitrogen and oxygen atoms in total. The van der Waals surface area contributed by atoms with Crippen LogP contribution in [0, 0.1) is 5.82 Å². The molecule has 1 N–H and O–H groups in total. The molecule has 86 valence electrons. The molecule has 0 saturated carbocycles. The molecule has 0 aliphatic heterocycles.